The molecule has 3 aromatic rings. The molecule has 2 aromatic heterocycles. The molecule has 0 aliphatic rings. The average molecular weight is 353 g/mol. The number of fused-ring (bicyclic) bond motifs is 1. The van der Waals surface area contributed by atoms with Crippen LogP contribution in [0.3, 0.4) is 0 Å². The molecule has 0 bridgehead atoms. The van der Waals surface area contributed by atoms with Crippen molar-refractivity contribution in [2.45, 2.75) is 6.54 Å². The van der Waals surface area contributed by atoms with Gasteiger partial charge in [-0.2, -0.15) is 0 Å². The summed E-state index contributed by atoms with van der Waals surface area (Å²) in [5.41, 5.74) is 1.83. The number of benzene rings is 1. The van der Waals surface area contributed by atoms with Crippen molar-refractivity contribution in [1.82, 2.24) is 14.7 Å². The van der Waals surface area contributed by atoms with Crippen LogP contribution in [0.2, 0.25) is 0 Å². The third-order valence-electron chi connectivity index (χ3n) is 3.81. The Bertz CT molecular complexity index is 963. The molecular weight excluding hydrogens is 334 g/mol. The number of ether oxygens (including phenoxy) is 2. The van der Waals surface area contributed by atoms with Crippen LogP contribution in [0.5, 0.6) is 17.2 Å². The van der Waals surface area contributed by atoms with Crippen LogP contribution in [0.15, 0.2) is 48.8 Å². The van der Waals surface area contributed by atoms with Crippen molar-refractivity contribution in [3.8, 4) is 17.2 Å². The van der Waals surface area contributed by atoms with Crippen LogP contribution < -0.4 is 14.8 Å². The predicted octanol–water partition coefficient (Wildman–Crippen LogP) is 2.39. The van der Waals surface area contributed by atoms with Gasteiger partial charge >= 0.3 is 0 Å². The fraction of sp³-hybridized carbons (Fsp3) is 0.158. The van der Waals surface area contributed by atoms with Gasteiger partial charge in [0, 0.05) is 24.0 Å². The number of nitrogens with zero attached hydrogens (tertiary/aromatic N) is 2. The number of carbonyl (C=O) groups excluding carboxylic acids is 1. The van der Waals surface area contributed by atoms with Crippen LogP contribution >= 0.6 is 0 Å². The standard InChI is InChI=1S/C19H19N3O4/c1-25-15-6-7-17(26-2)13(10-15)5-8-18(24)20-11-14-12-22-9-3-4-16(23)19(22)21-14/h3-10,12,23H,11H2,1-2H3,(H,20,24)/b8-5+. The highest BCUT2D eigenvalue weighted by Crippen LogP contribution is 2.25. The normalized spacial score (nSPS) is 11.0. The second-order valence-corrected chi connectivity index (χ2v) is 5.52. The molecule has 134 valence electrons. The fourth-order valence-electron chi connectivity index (χ4n) is 2.51. The van der Waals surface area contributed by atoms with Crippen molar-refractivity contribution in [1.29, 1.82) is 0 Å². The Morgan fingerprint density at radius 1 is 1.31 bits per heavy atom. The summed E-state index contributed by atoms with van der Waals surface area (Å²) < 4.78 is 12.2. The maximum atomic E-state index is 12.1. The summed E-state index contributed by atoms with van der Waals surface area (Å²) in [5, 5.41) is 12.5. The molecular formula is C19H19N3O4. The van der Waals surface area contributed by atoms with Crippen molar-refractivity contribution in [2.24, 2.45) is 0 Å². The van der Waals surface area contributed by atoms with Crippen LogP contribution in [0.1, 0.15) is 11.3 Å². The van der Waals surface area contributed by atoms with Crippen LogP contribution in [0.25, 0.3) is 11.7 Å². The first-order valence-electron chi connectivity index (χ1n) is 7.94. The summed E-state index contributed by atoms with van der Waals surface area (Å²) in [4.78, 5) is 16.4. The number of carbonyl (C=O) groups is 1. The number of aromatic hydroxyl groups is 1. The van der Waals surface area contributed by atoms with Crippen LogP contribution in [0.4, 0.5) is 0 Å². The van der Waals surface area contributed by atoms with E-state index in [2.05, 4.69) is 10.3 Å². The number of nitrogens with one attached hydrogen (secondary N) is 1. The Morgan fingerprint density at radius 2 is 2.15 bits per heavy atom. The average Bonchev–Trinajstić information content (AvgIpc) is 3.09. The van der Waals surface area contributed by atoms with Gasteiger partial charge in [-0.3, -0.25) is 4.79 Å². The highest BCUT2D eigenvalue weighted by atomic mass is 16.5. The Hall–Kier alpha value is -3.48. The zero-order valence-corrected chi connectivity index (χ0v) is 14.5. The molecule has 0 saturated heterocycles. The SMILES string of the molecule is COc1ccc(OC)c(/C=C/C(=O)NCc2cn3cccc(O)c3n2)c1. The summed E-state index contributed by atoms with van der Waals surface area (Å²) in [6, 6.07) is 8.63. The number of amides is 1. The van der Waals surface area contributed by atoms with Crippen molar-refractivity contribution in [3.05, 3.63) is 60.1 Å². The first kappa shape index (κ1) is 17.3. The van der Waals surface area contributed by atoms with E-state index in [0.29, 0.717) is 22.8 Å². The molecule has 0 fully saturated rings. The molecule has 26 heavy (non-hydrogen) atoms. The van der Waals surface area contributed by atoms with Crippen LogP contribution in [-0.2, 0) is 11.3 Å². The Balaban J connectivity index is 1.66. The molecule has 7 heteroatoms. The maximum Gasteiger partial charge on any atom is 0.244 e. The highest BCUT2D eigenvalue weighted by molar-refractivity contribution is 5.92. The van der Waals surface area contributed by atoms with Gasteiger partial charge in [0.1, 0.15) is 11.5 Å². The molecule has 3 rings (SSSR count). The second-order valence-electron chi connectivity index (χ2n) is 5.52. The van der Waals surface area contributed by atoms with E-state index in [1.807, 2.05) is 0 Å². The maximum absolute atomic E-state index is 12.1. The van der Waals surface area contributed by atoms with E-state index < -0.39 is 0 Å². The molecule has 1 aromatic carbocycles. The summed E-state index contributed by atoms with van der Waals surface area (Å²) in [5.74, 6) is 1.15. The van der Waals surface area contributed by atoms with Gasteiger partial charge in [-0.25, -0.2) is 4.98 Å². The molecule has 2 heterocycles. The number of rotatable bonds is 6. The predicted molar refractivity (Wildman–Crippen MR) is 97.3 cm³/mol. The quantitative estimate of drug-likeness (QED) is 0.665. The molecule has 0 unspecified atom stereocenters. The minimum atomic E-state index is -0.267. The molecule has 0 spiro atoms. The Kier molecular flexibility index (Phi) is 5.07. The van der Waals surface area contributed by atoms with E-state index >= 15 is 0 Å². The van der Waals surface area contributed by atoms with E-state index in [1.54, 1.807) is 67.4 Å². The van der Waals surface area contributed by atoms with Gasteiger partial charge in [0.25, 0.3) is 0 Å². The third-order valence-corrected chi connectivity index (χ3v) is 3.81. The van der Waals surface area contributed by atoms with Gasteiger partial charge in [0.05, 0.1) is 26.5 Å². The Labute approximate surface area is 150 Å². The number of hydrogen-bond donors (Lipinski definition) is 2. The lowest BCUT2D eigenvalue weighted by Crippen LogP contribution is -2.20. The van der Waals surface area contributed by atoms with Crippen molar-refractivity contribution < 1.29 is 19.4 Å². The highest BCUT2D eigenvalue weighted by Gasteiger charge is 2.07. The zero-order chi connectivity index (χ0) is 18.5. The van der Waals surface area contributed by atoms with Gasteiger partial charge < -0.3 is 24.3 Å². The topological polar surface area (TPSA) is 85.1 Å². The van der Waals surface area contributed by atoms with Gasteiger partial charge in [0.2, 0.25) is 5.91 Å². The lowest BCUT2D eigenvalue weighted by Gasteiger charge is -2.07. The first-order valence-corrected chi connectivity index (χ1v) is 7.94. The Morgan fingerprint density at radius 3 is 2.88 bits per heavy atom. The summed E-state index contributed by atoms with van der Waals surface area (Å²) in [6.07, 6.45) is 6.61. The van der Waals surface area contributed by atoms with Gasteiger partial charge in [0.15, 0.2) is 11.4 Å². The molecule has 0 radical (unpaired) electrons. The lowest BCUT2D eigenvalue weighted by atomic mass is 10.1. The van der Waals surface area contributed by atoms with Gasteiger partial charge in [-0.1, -0.05) is 0 Å². The van der Waals surface area contributed by atoms with E-state index in [4.69, 9.17) is 9.47 Å². The molecule has 0 saturated carbocycles. The number of aromatic nitrogens is 2. The number of pyridine rings is 1. The minimum Gasteiger partial charge on any atom is -0.504 e. The summed E-state index contributed by atoms with van der Waals surface area (Å²) in [6.45, 7) is 0.250. The molecule has 7 nitrogen and oxygen atoms in total. The summed E-state index contributed by atoms with van der Waals surface area (Å²) in [7, 11) is 3.15. The van der Waals surface area contributed by atoms with E-state index in [0.717, 1.165) is 5.56 Å². The van der Waals surface area contributed by atoms with Crippen LogP contribution in [-0.4, -0.2) is 34.6 Å². The van der Waals surface area contributed by atoms with Crippen molar-refractivity contribution >= 4 is 17.6 Å². The minimum absolute atomic E-state index is 0.0927. The molecule has 1 amide bonds. The lowest BCUT2D eigenvalue weighted by molar-refractivity contribution is -0.116. The smallest absolute Gasteiger partial charge is 0.244 e. The van der Waals surface area contributed by atoms with E-state index in [1.165, 1.54) is 6.08 Å². The van der Waals surface area contributed by atoms with Crippen molar-refractivity contribution in [3.63, 3.8) is 0 Å². The molecule has 2 N–H and O–H groups in total. The number of hydrogen-bond acceptors (Lipinski definition) is 5. The number of imidazole rings is 1. The third kappa shape index (κ3) is 3.77. The summed E-state index contributed by atoms with van der Waals surface area (Å²) >= 11 is 0. The fourth-order valence-corrected chi connectivity index (χ4v) is 2.51. The second kappa shape index (κ2) is 7.60. The van der Waals surface area contributed by atoms with E-state index in [9.17, 15) is 9.90 Å². The van der Waals surface area contributed by atoms with Gasteiger partial charge in [-0.05, 0) is 36.4 Å². The van der Waals surface area contributed by atoms with Crippen molar-refractivity contribution in [2.75, 3.05) is 14.2 Å². The molecule has 0 atom stereocenters. The monoisotopic (exact) mass is 353 g/mol. The molecule has 0 aliphatic heterocycles. The zero-order valence-electron chi connectivity index (χ0n) is 14.5. The first-order chi connectivity index (χ1) is 12.6. The number of methoxy groups -OCH3 is 2. The molecule has 0 aliphatic carbocycles. The largest absolute Gasteiger partial charge is 0.504 e. The van der Waals surface area contributed by atoms with Crippen LogP contribution in [0, 0.1) is 0 Å². The van der Waals surface area contributed by atoms with E-state index in [-0.39, 0.29) is 18.2 Å². The van der Waals surface area contributed by atoms with Gasteiger partial charge in [-0.15, -0.1) is 0 Å².